The van der Waals surface area contributed by atoms with Gasteiger partial charge in [-0.2, -0.15) is 0 Å². The van der Waals surface area contributed by atoms with Crippen LogP contribution in [0, 0.1) is 17.3 Å². The molecule has 0 radical (unpaired) electrons. The van der Waals surface area contributed by atoms with E-state index in [9.17, 15) is 9.59 Å². The van der Waals surface area contributed by atoms with Gasteiger partial charge >= 0.3 is 12.0 Å². The molecule has 3 unspecified atom stereocenters. The van der Waals surface area contributed by atoms with E-state index in [0.29, 0.717) is 18.3 Å². The van der Waals surface area contributed by atoms with Crippen LogP contribution in [0.2, 0.25) is 0 Å². The van der Waals surface area contributed by atoms with Crippen molar-refractivity contribution in [3.05, 3.63) is 0 Å². The summed E-state index contributed by atoms with van der Waals surface area (Å²) in [6, 6.07) is -0.139. The van der Waals surface area contributed by atoms with Gasteiger partial charge in [-0.25, -0.2) is 4.79 Å². The van der Waals surface area contributed by atoms with Crippen LogP contribution in [0.25, 0.3) is 0 Å². The lowest BCUT2D eigenvalue weighted by Crippen LogP contribution is -2.50. The number of nitrogens with one attached hydrogen (secondary N) is 1. The first-order valence-electron chi connectivity index (χ1n) is 7.06. The van der Waals surface area contributed by atoms with Gasteiger partial charge in [-0.1, -0.05) is 20.8 Å². The number of amides is 2. The van der Waals surface area contributed by atoms with Crippen LogP contribution >= 0.6 is 0 Å². The zero-order valence-electron chi connectivity index (χ0n) is 12.4. The summed E-state index contributed by atoms with van der Waals surface area (Å²) >= 11 is 0. The zero-order chi connectivity index (χ0) is 14.6. The Morgan fingerprint density at radius 2 is 2.00 bits per heavy atom. The van der Waals surface area contributed by atoms with Crippen LogP contribution in [0.4, 0.5) is 4.79 Å². The normalized spacial score (nSPS) is 26.6. The molecule has 0 saturated carbocycles. The number of nitrogens with zero attached hydrogens (tertiary/aromatic N) is 1. The average Bonchev–Trinajstić information content (AvgIpc) is 2.38. The minimum Gasteiger partial charge on any atom is -0.481 e. The second-order valence-corrected chi connectivity index (χ2v) is 6.07. The molecule has 1 rings (SSSR count). The lowest BCUT2D eigenvalue weighted by Gasteiger charge is -2.36. The number of carbonyl (C=O) groups excluding carboxylic acids is 1. The Morgan fingerprint density at radius 1 is 1.37 bits per heavy atom. The molecule has 2 N–H and O–H groups in total. The summed E-state index contributed by atoms with van der Waals surface area (Å²) < 4.78 is 0. The minimum atomic E-state index is -0.885. The Morgan fingerprint density at radius 3 is 2.47 bits per heavy atom. The molecule has 1 aliphatic rings. The molecule has 3 atom stereocenters. The SMILES string of the molecule is CCC(C)(CNC(=O)N1CCC(C)C(C)C1)C(=O)O. The van der Waals surface area contributed by atoms with Crippen molar-refractivity contribution in [3.63, 3.8) is 0 Å². The quantitative estimate of drug-likeness (QED) is 0.822. The fourth-order valence-corrected chi connectivity index (χ4v) is 2.18. The molecule has 1 fully saturated rings. The van der Waals surface area contributed by atoms with Crippen molar-refractivity contribution >= 4 is 12.0 Å². The molecule has 0 aliphatic carbocycles. The van der Waals surface area contributed by atoms with Crippen LogP contribution < -0.4 is 5.32 Å². The molecule has 2 amide bonds. The molecule has 5 heteroatoms. The van der Waals surface area contributed by atoms with Crippen LogP contribution in [-0.2, 0) is 4.79 Å². The standard InChI is InChI=1S/C14H26N2O3/c1-5-14(4,12(17)18)9-15-13(19)16-7-6-10(2)11(3)8-16/h10-11H,5-9H2,1-4H3,(H,15,19)(H,17,18). The Bertz CT molecular complexity index is 346. The van der Waals surface area contributed by atoms with Crippen molar-refractivity contribution in [2.75, 3.05) is 19.6 Å². The van der Waals surface area contributed by atoms with Crippen molar-refractivity contribution in [1.82, 2.24) is 10.2 Å². The van der Waals surface area contributed by atoms with E-state index in [0.717, 1.165) is 19.5 Å². The molecule has 1 saturated heterocycles. The Labute approximate surface area is 115 Å². The lowest BCUT2D eigenvalue weighted by molar-refractivity contribution is -0.147. The van der Waals surface area contributed by atoms with Crippen LogP contribution in [0.15, 0.2) is 0 Å². The summed E-state index contributed by atoms with van der Waals surface area (Å²) in [5, 5.41) is 11.9. The van der Waals surface area contributed by atoms with Crippen molar-refractivity contribution in [3.8, 4) is 0 Å². The molecule has 19 heavy (non-hydrogen) atoms. The van der Waals surface area contributed by atoms with E-state index in [-0.39, 0.29) is 12.6 Å². The van der Waals surface area contributed by atoms with Crippen molar-refractivity contribution < 1.29 is 14.7 Å². The first-order chi connectivity index (χ1) is 8.80. The average molecular weight is 270 g/mol. The highest BCUT2D eigenvalue weighted by Gasteiger charge is 2.33. The van der Waals surface area contributed by atoms with Gasteiger partial charge in [0, 0.05) is 19.6 Å². The summed E-state index contributed by atoms with van der Waals surface area (Å²) in [7, 11) is 0. The van der Waals surface area contributed by atoms with Gasteiger partial charge in [0.25, 0.3) is 0 Å². The highest BCUT2D eigenvalue weighted by molar-refractivity contribution is 5.78. The van der Waals surface area contributed by atoms with E-state index in [1.807, 2.05) is 6.92 Å². The number of piperidine rings is 1. The molecule has 1 aliphatic heterocycles. The summed E-state index contributed by atoms with van der Waals surface area (Å²) in [6.07, 6.45) is 1.51. The fraction of sp³-hybridized carbons (Fsp3) is 0.857. The number of carbonyl (C=O) groups is 2. The van der Waals surface area contributed by atoms with Gasteiger partial charge < -0.3 is 15.3 Å². The number of likely N-dealkylation sites (tertiary alicyclic amines) is 1. The maximum atomic E-state index is 12.1. The molecule has 5 nitrogen and oxygen atoms in total. The van der Waals surface area contributed by atoms with E-state index in [4.69, 9.17) is 5.11 Å². The lowest BCUT2D eigenvalue weighted by atomic mass is 9.87. The first kappa shape index (κ1) is 15.8. The van der Waals surface area contributed by atoms with Crippen LogP contribution in [-0.4, -0.2) is 41.6 Å². The van der Waals surface area contributed by atoms with E-state index < -0.39 is 11.4 Å². The van der Waals surface area contributed by atoms with E-state index >= 15 is 0 Å². The molecule has 1 heterocycles. The highest BCUT2D eigenvalue weighted by atomic mass is 16.4. The number of hydrogen-bond acceptors (Lipinski definition) is 2. The Hall–Kier alpha value is -1.26. The second-order valence-electron chi connectivity index (χ2n) is 6.07. The van der Waals surface area contributed by atoms with Gasteiger partial charge in [0.05, 0.1) is 5.41 Å². The molecule has 0 aromatic heterocycles. The molecule has 110 valence electrons. The number of aliphatic carboxylic acids is 1. The number of carboxylic acids is 1. The zero-order valence-corrected chi connectivity index (χ0v) is 12.4. The highest BCUT2D eigenvalue weighted by Crippen LogP contribution is 2.23. The van der Waals surface area contributed by atoms with Gasteiger partial charge in [0.1, 0.15) is 0 Å². The molecule has 0 aromatic rings. The Kier molecular flexibility index (Phi) is 5.20. The summed E-state index contributed by atoms with van der Waals surface area (Å²) in [5.74, 6) is 0.274. The van der Waals surface area contributed by atoms with E-state index in [1.54, 1.807) is 11.8 Å². The Balaban J connectivity index is 2.50. The molecule has 0 bridgehead atoms. The molecular weight excluding hydrogens is 244 g/mol. The summed E-state index contributed by atoms with van der Waals surface area (Å²) in [4.78, 5) is 25.0. The van der Waals surface area contributed by atoms with Gasteiger partial charge in [0.15, 0.2) is 0 Å². The third kappa shape index (κ3) is 3.85. The third-order valence-electron chi connectivity index (χ3n) is 4.55. The van der Waals surface area contributed by atoms with Crippen LogP contribution in [0.1, 0.15) is 40.5 Å². The predicted molar refractivity (Wildman–Crippen MR) is 74.0 cm³/mol. The van der Waals surface area contributed by atoms with Crippen LogP contribution in [0.3, 0.4) is 0 Å². The van der Waals surface area contributed by atoms with Crippen LogP contribution in [0.5, 0.6) is 0 Å². The minimum absolute atomic E-state index is 0.139. The maximum absolute atomic E-state index is 12.1. The first-order valence-corrected chi connectivity index (χ1v) is 7.06. The van der Waals surface area contributed by atoms with Gasteiger partial charge in [-0.3, -0.25) is 4.79 Å². The summed E-state index contributed by atoms with van der Waals surface area (Å²) in [6.45, 7) is 9.53. The largest absolute Gasteiger partial charge is 0.481 e. The van der Waals surface area contributed by atoms with E-state index in [1.165, 1.54) is 0 Å². The predicted octanol–water partition coefficient (Wildman–Crippen LogP) is 2.17. The smallest absolute Gasteiger partial charge is 0.317 e. The second kappa shape index (κ2) is 6.26. The maximum Gasteiger partial charge on any atom is 0.317 e. The summed E-state index contributed by atoms with van der Waals surface area (Å²) in [5.41, 5.74) is -0.885. The van der Waals surface area contributed by atoms with Gasteiger partial charge in [-0.05, 0) is 31.6 Å². The van der Waals surface area contributed by atoms with E-state index in [2.05, 4.69) is 19.2 Å². The fourth-order valence-electron chi connectivity index (χ4n) is 2.18. The third-order valence-corrected chi connectivity index (χ3v) is 4.55. The van der Waals surface area contributed by atoms with Crippen molar-refractivity contribution in [2.24, 2.45) is 17.3 Å². The number of rotatable bonds is 4. The van der Waals surface area contributed by atoms with Gasteiger partial charge in [0.2, 0.25) is 0 Å². The molecular formula is C14H26N2O3. The monoisotopic (exact) mass is 270 g/mol. The van der Waals surface area contributed by atoms with Crippen molar-refractivity contribution in [1.29, 1.82) is 0 Å². The van der Waals surface area contributed by atoms with Crippen molar-refractivity contribution in [2.45, 2.75) is 40.5 Å². The molecule has 0 spiro atoms. The topological polar surface area (TPSA) is 69.6 Å². The van der Waals surface area contributed by atoms with Gasteiger partial charge in [-0.15, -0.1) is 0 Å². The number of carboxylic acid groups (broad SMARTS) is 1. The number of urea groups is 1. The number of hydrogen-bond donors (Lipinski definition) is 2. The molecule has 0 aromatic carbocycles.